The Kier molecular flexibility index (Phi) is 10.6. The Morgan fingerprint density at radius 3 is 2.22 bits per heavy atom. The number of nitrogens with two attached hydrogens (primary N) is 2. The highest BCUT2D eigenvalue weighted by molar-refractivity contribution is 5.95. The predicted molar refractivity (Wildman–Crippen MR) is 149 cm³/mol. The van der Waals surface area contributed by atoms with Crippen LogP contribution in [-0.4, -0.2) is 73.8 Å². The Labute approximate surface area is 236 Å². The SMILES string of the molecule is CC(C)CC(NC(=O)C(N)Cc1cnc[nH]1)C(=O)NC(Cc1c[nH]c2ccccc12)C(=O)NC(CC(N)=O)C(=O)O. The molecule has 4 atom stereocenters. The van der Waals surface area contributed by atoms with Gasteiger partial charge in [0, 0.05) is 41.8 Å². The maximum Gasteiger partial charge on any atom is 0.326 e. The summed E-state index contributed by atoms with van der Waals surface area (Å²) < 4.78 is 0. The number of imidazole rings is 1. The number of aliphatic carboxylic acids is 1. The average Bonchev–Trinajstić information content (AvgIpc) is 3.56. The Morgan fingerprint density at radius 1 is 0.927 bits per heavy atom. The van der Waals surface area contributed by atoms with Gasteiger partial charge in [-0.15, -0.1) is 0 Å². The van der Waals surface area contributed by atoms with Gasteiger partial charge < -0.3 is 42.5 Å². The highest BCUT2D eigenvalue weighted by Gasteiger charge is 2.32. The van der Waals surface area contributed by atoms with E-state index < -0.39 is 60.2 Å². The van der Waals surface area contributed by atoms with Gasteiger partial charge in [0.2, 0.25) is 23.6 Å². The van der Waals surface area contributed by atoms with Crippen LogP contribution in [0.15, 0.2) is 43.0 Å². The number of carboxylic acids is 1. The van der Waals surface area contributed by atoms with Crippen LogP contribution in [0.5, 0.6) is 0 Å². The summed E-state index contributed by atoms with van der Waals surface area (Å²) in [7, 11) is 0. The van der Waals surface area contributed by atoms with Crippen molar-refractivity contribution in [1.82, 2.24) is 30.9 Å². The lowest BCUT2D eigenvalue weighted by molar-refractivity contribution is -0.143. The Hall–Kier alpha value is -4.72. The summed E-state index contributed by atoms with van der Waals surface area (Å²) in [5.74, 6) is -4.43. The third kappa shape index (κ3) is 8.89. The second-order valence-corrected chi connectivity index (χ2v) is 10.3. The van der Waals surface area contributed by atoms with Crippen molar-refractivity contribution in [2.24, 2.45) is 17.4 Å². The summed E-state index contributed by atoms with van der Waals surface area (Å²) >= 11 is 0. The molecule has 1 aromatic carbocycles. The van der Waals surface area contributed by atoms with Crippen molar-refractivity contribution in [1.29, 1.82) is 0 Å². The van der Waals surface area contributed by atoms with E-state index in [1.807, 2.05) is 38.1 Å². The van der Waals surface area contributed by atoms with Crippen molar-refractivity contribution in [2.45, 2.75) is 63.7 Å². The van der Waals surface area contributed by atoms with E-state index in [0.717, 1.165) is 10.9 Å². The van der Waals surface area contributed by atoms with Crippen molar-refractivity contribution < 1.29 is 29.1 Å². The first-order valence-corrected chi connectivity index (χ1v) is 13.1. The number of benzene rings is 1. The number of rotatable bonds is 15. The van der Waals surface area contributed by atoms with Crippen LogP contribution in [0, 0.1) is 5.92 Å². The van der Waals surface area contributed by atoms with Crippen molar-refractivity contribution >= 4 is 40.5 Å². The molecule has 14 heteroatoms. The number of aromatic nitrogens is 3. The van der Waals surface area contributed by atoms with Crippen LogP contribution in [0.3, 0.4) is 0 Å². The fourth-order valence-electron chi connectivity index (χ4n) is 4.38. The zero-order valence-corrected chi connectivity index (χ0v) is 22.8. The normalized spacial score (nSPS) is 14.1. The molecule has 0 spiro atoms. The number of hydrogen-bond acceptors (Lipinski definition) is 7. The number of carbonyl (C=O) groups excluding carboxylic acids is 4. The highest BCUT2D eigenvalue weighted by Crippen LogP contribution is 2.19. The molecular weight excluding hydrogens is 532 g/mol. The molecule has 2 aromatic heterocycles. The number of aromatic amines is 2. The molecule has 3 rings (SSSR count). The first kappa shape index (κ1) is 30.8. The van der Waals surface area contributed by atoms with E-state index >= 15 is 0 Å². The number of hydrogen-bond donors (Lipinski definition) is 8. The number of carboxylic acid groups (broad SMARTS) is 1. The topological polar surface area (TPSA) is 238 Å². The molecule has 220 valence electrons. The molecule has 4 amide bonds. The van der Waals surface area contributed by atoms with Gasteiger partial charge in [-0.1, -0.05) is 32.0 Å². The molecule has 0 saturated heterocycles. The fourth-order valence-corrected chi connectivity index (χ4v) is 4.38. The van der Waals surface area contributed by atoms with Gasteiger partial charge >= 0.3 is 5.97 Å². The van der Waals surface area contributed by atoms with Crippen LogP contribution < -0.4 is 27.4 Å². The minimum atomic E-state index is -1.59. The van der Waals surface area contributed by atoms with Gasteiger partial charge in [-0.2, -0.15) is 0 Å². The summed E-state index contributed by atoms with van der Waals surface area (Å²) in [6.07, 6.45) is 4.48. The summed E-state index contributed by atoms with van der Waals surface area (Å²) in [4.78, 5) is 72.6. The van der Waals surface area contributed by atoms with E-state index in [1.165, 1.54) is 6.33 Å². The lowest BCUT2D eigenvalue weighted by Gasteiger charge is -2.26. The number of nitrogens with one attached hydrogen (secondary N) is 5. The smallest absolute Gasteiger partial charge is 0.326 e. The van der Waals surface area contributed by atoms with E-state index in [1.54, 1.807) is 12.4 Å². The van der Waals surface area contributed by atoms with Gasteiger partial charge in [0.05, 0.1) is 18.8 Å². The van der Waals surface area contributed by atoms with Crippen LogP contribution >= 0.6 is 0 Å². The first-order valence-electron chi connectivity index (χ1n) is 13.1. The molecule has 4 unspecified atom stereocenters. The van der Waals surface area contributed by atoms with Gasteiger partial charge in [0.1, 0.15) is 18.1 Å². The number of primary amides is 1. The summed E-state index contributed by atoms with van der Waals surface area (Å²) in [5, 5.41) is 17.9. The average molecular weight is 569 g/mol. The van der Waals surface area contributed by atoms with Gasteiger partial charge in [-0.3, -0.25) is 19.2 Å². The van der Waals surface area contributed by atoms with E-state index in [2.05, 4.69) is 30.9 Å². The van der Waals surface area contributed by atoms with Crippen LogP contribution in [0.2, 0.25) is 0 Å². The van der Waals surface area contributed by atoms with E-state index in [-0.39, 0.29) is 25.2 Å². The molecule has 0 aliphatic carbocycles. The number of fused-ring (bicyclic) bond motifs is 1. The Morgan fingerprint density at radius 2 is 1.59 bits per heavy atom. The Bertz CT molecular complexity index is 1370. The maximum atomic E-state index is 13.5. The number of H-pyrrole nitrogens is 2. The molecule has 0 aliphatic rings. The third-order valence-electron chi connectivity index (χ3n) is 6.42. The molecule has 14 nitrogen and oxygen atoms in total. The monoisotopic (exact) mass is 568 g/mol. The summed E-state index contributed by atoms with van der Waals surface area (Å²) in [5.41, 5.74) is 13.3. The molecule has 0 bridgehead atoms. The molecule has 0 saturated carbocycles. The Balaban J connectivity index is 1.82. The van der Waals surface area contributed by atoms with E-state index in [0.29, 0.717) is 11.3 Å². The molecule has 0 aliphatic heterocycles. The minimum absolute atomic E-state index is 0.00776. The first-order chi connectivity index (χ1) is 19.4. The zero-order chi connectivity index (χ0) is 30.1. The van der Waals surface area contributed by atoms with Crippen molar-refractivity contribution in [3.63, 3.8) is 0 Å². The van der Waals surface area contributed by atoms with Crippen LogP contribution in [0.4, 0.5) is 0 Å². The van der Waals surface area contributed by atoms with E-state index in [4.69, 9.17) is 11.5 Å². The predicted octanol–water partition coefficient (Wildman–Crippen LogP) is -0.536. The van der Waals surface area contributed by atoms with Gasteiger partial charge in [0.15, 0.2) is 0 Å². The highest BCUT2D eigenvalue weighted by atomic mass is 16.4. The lowest BCUT2D eigenvalue weighted by Crippen LogP contribution is -2.58. The second-order valence-electron chi connectivity index (χ2n) is 10.3. The molecular formula is C27H36N8O6. The number of nitrogens with zero attached hydrogens (tertiary/aromatic N) is 1. The second kappa shape index (κ2) is 14.1. The summed E-state index contributed by atoms with van der Waals surface area (Å²) in [6, 6.07) is 2.51. The summed E-state index contributed by atoms with van der Waals surface area (Å²) in [6.45, 7) is 3.74. The number of para-hydroxylation sites is 1. The third-order valence-corrected chi connectivity index (χ3v) is 6.42. The van der Waals surface area contributed by atoms with Gasteiger partial charge in [-0.25, -0.2) is 9.78 Å². The van der Waals surface area contributed by atoms with E-state index in [9.17, 15) is 29.1 Å². The molecule has 41 heavy (non-hydrogen) atoms. The quantitative estimate of drug-likeness (QED) is 0.118. The molecule has 10 N–H and O–H groups in total. The maximum absolute atomic E-state index is 13.5. The zero-order valence-electron chi connectivity index (χ0n) is 22.8. The minimum Gasteiger partial charge on any atom is -0.480 e. The van der Waals surface area contributed by atoms with Crippen LogP contribution in [-0.2, 0) is 36.8 Å². The van der Waals surface area contributed by atoms with Crippen LogP contribution in [0.1, 0.15) is 37.9 Å². The number of carbonyl (C=O) groups is 5. The molecule has 3 aromatic rings. The van der Waals surface area contributed by atoms with Crippen LogP contribution in [0.25, 0.3) is 10.9 Å². The standard InChI is InChI=1S/C27H36N8O6/c1-14(2)7-20(33-24(37)18(28)9-16-12-30-13-32-16)25(38)34-21(26(39)35-22(27(40)41)10-23(29)36)8-15-11-31-19-6-4-3-5-17(15)19/h3-6,11-14,18,20-22,31H,7-10,28H2,1-2H3,(H2,29,36)(H,30,32)(H,33,37)(H,34,38)(H,35,39)(H,40,41). The number of amides is 4. The van der Waals surface area contributed by atoms with Gasteiger partial charge in [0.25, 0.3) is 0 Å². The van der Waals surface area contributed by atoms with Crippen molar-refractivity contribution in [3.05, 3.63) is 54.2 Å². The molecule has 0 radical (unpaired) electrons. The van der Waals surface area contributed by atoms with Crippen molar-refractivity contribution in [2.75, 3.05) is 0 Å². The molecule has 0 fully saturated rings. The van der Waals surface area contributed by atoms with Crippen molar-refractivity contribution in [3.8, 4) is 0 Å². The van der Waals surface area contributed by atoms with Gasteiger partial charge in [-0.05, 0) is 24.0 Å². The molecule has 2 heterocycles. The fraction of sp³-hybridized carbons (Fsp3) is 0.407. The largest absolute Gasteiger partial charge is 0.480 e. The lowest BCUT2D eigenvalue weighted by atomic mass is 10.00.